The van der Waals surface area contributed by atoms with Gasteiger partial charge in [0.15, 0.2) is 0 Å². The minimum absolute atomic E-state index is 0.0145. The molecule has 0 aliphatic rings. The molecule has 0 spiro atoms. The summed E-state index contributed by atoms with van der Waals surface area (Å²) in [5.41, 5.74) is 2.54. The van der Waals surface area contributed by atoms with E-state index in [4.69, 9.17) is 0 Å². The molecular weight excluding hydrogens is 370 g/mol. The van der Waals surface area contributed by atoms with E-state index in [0.717, 1.165) is 11.3 Å². The van der Waals surface area contributed by atoms with Crippen molar-refractivity contribution in [3.63, 3.8) is 0 Å². The molecule has 0 fully saturated rings. The molecule has 0 amide bonds. The number of azo groups is 1. The molecule has 0 bridgehead atoms. The number of anilines is 1. The van der Waals surface area contributed by atoms with E-state index in [0.29, 0.717) is 5.56 Å². The Bertz CT molecular complexity index is 1110. The van der Waals surface area contributed by atoms with Crippen molar-refractivity contribution in [2.75, 3.05) is 19.0 Å². The van der Waals surface area contributed by atoms with E-state index in [-0.39, 0.29) is 22.5 Å². The zero-order valence-corrected chi connectivity index (χ0v) is 15.9. The Kier molecular flexibility index (Phi) is 5.69. The van der Waals surface area contributed by atoms with Crippen molar-refractivity contribution in [1.29, 1.82) is 0 Å². The topological polar surface area (TPSA) is 103 Å². The molecule has 7 nitrogen and oxygen atoms in total. The summed E-state index contributed by atoms with van der Waals surface area (Å²) in [7, 11) is 3.79. The van der Waals surface area contributed by atoms with Crippen molar-refractivity contribution in [3.8, 4) is 11.1 Å². The lowest BCUT2D eigenvalue weighted by atomic mass is 9.98. The molecule has 0 atom stereocenters. The predicted octanol–water partition coefficient (Wildman–Crippen LogP) is 5.23. The zero-order chi connectivity index (χ0) is 21.0. The van der Waals surface area contributed by atoms with E-state index in [1.54, 1.807) is 24.3 Å². The van der Waals surface area contributed by atoms with Gasteiger partial charge in [0.05, 0.1) is 11.1 Å². The highest BCUT2D eigenvalue weighted by Crippen LogP contribution is 2.39. The molecule has 0 radical (unpaired) electrons. The lowest BCUT2D eigenvalue weighted by molar-refractivity contribution is 0.0686. The molecule has 29 heavy (non-hydrogen) atoms. The number of rotatable bonds is 6. The fourth-order valence-corrected chi connectivity index (χ4v) is 2.98. The molecule has 3 aromatic carbocycles. The Balaban J connectivity index is 2.22. The summed E-state index contributed by atoms with van der Waals surface area (Å²) in [4.78, 5) is 25.1. The van der Waals surface area contributed by atoms with Gasteiger partial charge in [-0.25, -0.2) is 9.59 Å². The number of benzene rings is 3. The first kappa shape index (κ1) is 19.8. The molecule has 7 heteroatoms. The minimum atomic E-state index is -1.14. The summed E-state index contributed by atoms with van der Waals surface area (Å²) in [6.07, 6.45) is 0. The number of carbonyl (C=O) groups is 2. The van der Waals surface area contributed by atoms with Gasteiger partial charge in [0.1, 0.15) is 11.4 Å². The van der Waals surface area contributed by atoms with Gasteiger partial charge < -0.3 is 15.1 Å². The second-order valence-corrected chi connectivity index (χ2v) is 6.44. The molecule has 3 aromatic rings. The van der Waals surface area contributed by atoms with Gasteiger partial charge in [-0.2, -0.15) is 0 Å². The standard InChI is InChI=1S/C22H19N3O4/c1-25(2)19-13-6-4-8-14(19)15-10-7-11-17(22(28)29)20(15)24-23-18-12-5-3-9-16(18)21(26)27/h3-13H,1-2H3,(H,26,27)(H,28,29). The van der Waals surface area contributed by atoms with E-state index >= 15 is 0 Å². The summed E-state index contributed by atoms with van der Waals surface area (Å²) in [5, 5.41) is 27.2. The molecule has 146 valence electrons. The molecular formula is C22H19N3O4. The molecule has 0 saturated carbocycles. The number of nitrogens with zero attached hydrogens (tertiary/aromatic N) is 3. The number of para-hydroxylation sites is 1. The summed E-state index contributed by atoms with van der Waals surface area (Å²) in [6.45, 7) is 0. The first-order valence-electron chi connectivity index (χ1n) is 8.77. The Morgan fingerprint density at radius 1 is 0.724 bits per heavy atom. The Labute approximate surface area is 167 Å². The van der Waals surface area contributed by atoms with Gasteiger partial charge >= 0.3 is 11.9 Å². The largest absolute Gasteiger partial charge is 0.478 e. The van der Waals surface area contributed by atoms with Crippen LogP contribution < -0.4 is 4.90 Å². The van der Waals surface area contributed by atoms with Crippen LogP contribution in [0.3, 0.4) is 0 Å². The van der Waals surface area contributed by atoms with Crippen LogP contribution in [0.1, 0.15) is 20.7 Å². The van der Waals surface area contributed by atoms with Crippen molar-refractivity contribution in [1.82, 2.24) is 0 Å². The molecule has 0 saturated heterocycles. The van der Waals surface area contributed by atoms with E-state index in [1.165, 1.54) is 18.2 Å². The number of hydrogen-bond acceptors (Lipinski definition) is 5. The maximum Gasteiger partial charge on any atom is 0.337 e. The Morgan fingerprint density at radius 3 is 2.00 bits per heavy atom. The van der Waals surface area contributed by atoms with Crippen molar-refractivity contribution < 1.29 is 19.8 Å². The summed E-state index contributed by atoms with van der Waals surface area (Å²) < 4.78 is 0. The normalized spacial score (nSPS) is 10.8. The van der Waals surface area contributed by atoms with E-state index in [9.17, 15) is 19.8 Å². The van der Waals surface area contributed by atoms with Crippen LogP contribution in [0, 0.1) is 0 Å². The van der Waals surface area contributed by atoms with Crippen LogP contribution in [-0.4, -0.2) is 36.2 Å². The lowest BCUT2D eigenvalue weighted by Crippen LogP contribution is -2.10. The quantitative estimate of drug-likeness (QED) is 0.562. The third-order valence-corrected chi connectivity index (χ3v) is 4.33. The van der Waals surface area contributed by atoms with Crippen LogP contribution in [-0.2, 0) is 0 Å². The minimum Gasteiger partial charge on any atom is -0.478 e. The second kappa shape index (κ2) is 8.35. The van der Waals surface area contributed by atoms with Crippen molar-refractivity contribution in [2.45, 2.75) is 0 Å². The third kappa shape index (κ3) is 4.14. The average molecular weight is 389 g/mol. The summed E-state index contributed by atoms with van der Waals surface area (Å²) in [6, 6.07) is 18.6. The highest BCUT2D eigenvalue weighted by molar-refractivity contribution is 5.99. The van der Waals surface area contributed by atoms with E-state index in [2.05, 4.69) is 10.2 Å². The van der Waals surface area contributed by atoms with Crippen LogP contribution in [0.5, 0.6) is 0 Å². The Hall–Kier alpha value is -4.00. The van der Waals surface area contributed by atoms with Gasteiger partial charge in [-0.1, -0.05) is 42.5 Å². The van der Waals surface area contributed by atoms with Gasteiger partial charge in [0.2, 0.25) is 0 Å². The lowest BCUT2D eigenvalue weighted by Gasteiger charge is -2.18. The van der Waals surface area contributed by atoms with Crippen molar-refractivity contribution >= 4 is 29.0 Å². The predicted molar refractivity (Wildman–Crippen MR) is 111 cm³/mol. The molecule has 2 N–H and O–H groups in total. The van der Waals surface area contributed by atoms with Gasteiger partial charge in [-0.3, -0.25) is 0 Å². The van der Waals surface area contributed by atoms with Crippen LogP contribution in [0.15, 0.2) is 77.0 Å². The molecule has 0 aliphatic heterocycles. The Morgan fingerprint density at radius 2 is 1.31 bits per heavy atom. The number of hydrogen-bond donors (Lipinski definition) is 2. The van der Waals surface area contributed by atoms with Gasteiger partial charge in [-0.15, -0.1) is 10.2 Å². The summed E-state index contributed by atoms with van der Waals surface area (Å²) >= 11 is 0. The first-order chi connectivity index (χ1) is 13.9. The van der Waals surface area contributed by atoms with Crippen molar-refractivity contribution in [3.05, 3.63) is 77.9 Å². The summed E-state index contributed by atoms with van der Waals surface area (Å²) in [5.74, 6) is -2.28. The fourth-order valence-electron chi connectivity index (χ4n) is 2.98. The van der Waals surface area contributed by atoms with Gasteiger partial charge in [0, 0.05) is 30.9 Å². The highest BCUT2D eigenvalue weighted by atomic mass is 16.4. The van der Waals surface area contributed by atoms with E-state index < -0.39 is 11.9 Å². The van der Waals surface area contributed by atoms with Crippen LogP contribution in [0.2, 0.25) is 0 Å². The maximum absolute atomic E-state index is 11.8. The number of carboxylic acid groups (broad SMARTS) is 2. The SMILES string of the molecule is CN(C)c1ccccc1-c1cccc(C(=O)O)c1N=Nc1ccccc1C(=O)O. The highest BCUT2D eigenvalue weighted by Gasteiger charge is 2.18. The molecule has 0 heterocycles. The molecule has 0 aliphatic carbocycles. The molecule has 0 unspecified atom stereocenters. The maximum atomic E-state index is 11.8. The zero-order valence-electron chi connectivity index (χ0n) is 15.9. The average Bonchev–Trinajstić information content (AvgIpc) is 2.72. The number of aromatic carboxylic acids is 2. The second-order valence-electron chi connectivity index (χ2n) is 6.44. The van der Waals surface area contributed by atoms with Gasteiger partial charge in [-0.05, 0) is 24.3 Å². The van der Waals surface area contributed by atoms with Crippen molar-refractivity contribution in [2.24, 2.45) is 10.2 Å². The van der Waals surface area contributed by atoms with Crippen LogP contribution in [0.25, 0.3) is 11.1 Å². The third-order valence-electron chi connectivity index (χ3n) is 4.33. The monoisotopic (exact) mass is 389 g/mol. The van der Waals surface area contributed by atoms with Crippen LogP contribution >= 0.6 is 0 Å². The molecule has 3 rings (SSSR count). The van der Waals surface area contributed by atoms with E-state index in [1.807, 2.05) is 43.3 Å². The molecule has 0 aromatic heterocycles. The number of carboxylic acids is 2. The smallest absolute Gasteiger partial charge is 0.337 e. The van der Waals surface area contributed by atoms with Gasteiger partial charge in [0.25, 0.3) is 0 Å². The fraction of sp³-hybridized carbons (Fsp3) is 0.0909. The first-order valence-corrected chi connectivity index (χ1v) is 8.77. The van der Waals surface area contributed by atoms with Crippen LogP contribution in [0.4, 0.5) is 17.1 Å².